The molecule has 2 rings (SSSR count). The number of H-pyrrole nitrogens is 1. The minimum Gasteiger partial charge on any atom is -0.494 e. The minimum atomic E-state index is 0.122. The Labute approximate surface area is 123 Å². The van der Waals surface area contributed by atoms with E-state index in [9.17, 15) is 4.79 Å². The van der Waals surface area contributed by atoms with Gasteiger partial charge in [-0.2, -0.15) is 0 Å². The molecule has 1 aromatic carbocycles. The normalized spacial score (nSPS) is 12.6. The summed E-state index contributed by atoms with van der Waals surface area (Å²) in [6.45, 7) is 6.60. The van der Waals surface area contributed by atoms with Gasteiger partial charge in [-0.25, -0.2) is 4.98 Å². The Balaban J connectivity index is 2.06. The Hall–Kier alpha value is -1.49. The van der Waals surface area contributed by atoms with Gasteiger partial charge in [-0.3, -0.25) is 4.79 Å². The third-order valence-corrected chi connectivity index (χ3v) is 4.15. The zero-order valence-electron chi connectivity index (χ0n) is 12.1. The topological polar surface area (TPSA) is 55.0 Å². The number of imidazole rings is 1. The SMILES string of the molecule is CCOc1ccc2nc(SCC(=O)C(C)CC)[nH]c2c1. The van der Waals surface area contributed by atoms with Crippen molar-refractivity contribution in [1.82, 2.24) is 9.97 Å². The van der Waals surface area contributed by atoms with E-state index >= 15 is 0 Å². The number of carbonyl (C=O) groups excluding carboxylic acids is 1. The van der Waals surface area contributed by atoms with Crippen LogP contribution in [0.2, 0.25) is 0 Å². The van der Waals surface area contributed by atoms with Crippen molar-refractivity contribution in [3.05, 3.63) is 18.2 Å². The highest BCUT2D eigenvalue weighted by molar-refractivity contribution is 7.99. The highest BCUT2D eigenvalue weighted by atomic mass is 32.2. The van der Waals surface area contributed by atoms with Crippen molar-refractivity contribution in [2.75, 3.05) is 12.4 Å². The van der Waals surface area contributed by atoms with Crippen LogP contribution in [-0.2, 0) is 4.79 Å². The fourth-order valence-electron chi connectivity index (χ4n) is 1.80. The van der Waals surface area contributed by atoms with Gasteiger partial charge in [0.15, 0.2) is 5.16 Å². The minimum absolute atomic E-state index is 0.122. The van der Waals surface area contributed by atoms with Crippen LogP contribution in [-0.4, -0.2) is 28.1 Å². The monoisotopic (exact) mass is 292 g/mol. The molecule has 2 aromatic rings. The van der Waals surface area contributed by atoms with E-state index in [0.29, 0.717) is 12.4 Å². The van der Waals surface area contributed by atoms with E-state index in [1.54, 1.807) is 0 Å². The first-order valence-corrected chi connectivity index (χ1v) is 7.90. The van der Waals surface area contributed by atoms with Crippen molar-refractivity contribution in [3.63, 3.8) is 0 Å². The van der Waals surface area contributed by atoms with Crippen molar-refractivity contribution in [2.24, 2.45) is 5.92 Å². The second-order valence-corrected chi connectivity index (χ2v) is 5.68. The maximum atomic E-state index is 11.8. The fraction of sp³-hybridized carbons (Fsp3) is 0.467. The number of hydrogen-bond acceptors (Lipinski definition) is 4. The summed E-state index contributed by atoms with van der Waals surface area (Å²) in [4.78, 5) is 19.5. The first-order valence-electron chi connectivity index (χ1n) is 6.92. The summed E-state index contributed by atoms with van der Waals surface area (Å²) in [7, 11) is 0. The lowest BCUT2D eigenvalue weighted by atomic mass is 10.1. The van der Waals surface area contributed by atoms with Crippen molar-refractivity contribution in [2.45, 2.75) is 32.3 Å². The molecule has 1 atom stereocenters. The van der Waals surface area contributed by atoms with Crippen LogP contribution in [0.15, 0.2) is 23.4 Å². The molecule has 0 fully saturated rings. The van der Waals surface area contributed by atoms with E-state index in [-0.39, 0.29) is 11.7 Å². The number of fused-ring (bicyclic) bond motifs is 1. The van der Waals surface area contributed by atoms with Gasteiger partial charge in [0.1, 0.15) is 11.5 Å². The van der Waals surface area contributed by atoms with E-state index in [2.05, 4.69) is 9.97 Å². The molecule has 0 saturated carbocycles. The quantitative estimate of drug-likeness (QED) is 0.791. The Morgan fingerprint density at radius 1 is 1.45 bits per heavy atom. The maximum absolute atomic E-state index is 11.8. The smallest absolute Gasteiger partial charge is 0.166 e. The van der Waals surface area contributed by atoms with Crippen LogP contribution in [0.5, 0.6) is 5.75 Å². The Bertz CT molecular complexity index is 595. The predicted molar refractivity (Wildman–Crippen MR) is 82.4 cm³/mol. The number of benzene rings is 1. The predicted octanol–water partition coefficient (Wildman–Crippen LogP) is 3.67. The Morgan fingerprint density at radius 3 is 2.95 bits per heavy atom. The summed E-state index contributed by atoms with van der Waals surface area (Å²) in [6, 6.07) is 5.77. The third kappa shape index (κ3) is 3.54. The fourth-order valence-corrected chi connectivity index (χ4v) is 2.71. The Kier molecular flexibility index (Phi) is 5.06. The molecule has 0 aliphatic carbocycles. The molecule has 108 valence electrons. The van der Waals surface area contributed by atoms with Gasteiger partial charge in [-0.15, -0.1) is 0 Å². The molecule has 5 heteroatoms. The van der Waals surface area contributed by atoms with Crippen LogP contribution in [0.25, 0.3) is 11.0 Å². The van der Waals surface area contributed by atoms with Gasteiger partial charge in [0.25, 0.3) is 0 Å². The number of carbonyl (C=O) groups is 1. The third-order valence-electron chi connectivity index (χ3n) is 3.26. The number of Topliss-reactive ketones (excluding diaryl/α,β-unsaturated/α-hetero) is 1. The molecule has 1 unspecified atom stereocenters. The lowest BCUT2D eigenvalue weighted by molar-refractivity contribution is -0.119. The molecular formula is C15H20N2O2S. The molecule has 20 heavy (non-hydrogen) atoms. The van der Waals surface area contributed by atoms with Gasteiger partial charge >= 0.3 is 0 Å². The number of aromatic amines is 1. The molecule has 4 nitrogen and oxygen atoms in total. The first-order chi connectivity index (χ1) is 9.63. The number of nitrogens with zero attached hydrogens (tertiary/aromatic N) is 1. The largest absolute Gasteiger partial charge is 0.494 e. The number of ether oxygens (including phenoxy) is 1. The molecule has 0 aliphatic heterocycles. The summed E-state index contributed by atoms with van der Waals surface area (Å²) in [5.41, 5.74) is 1.83. The summed E-state index contributed by atoms with van der Waals surface area (Å²) in [6.07, 6.45) is 0.886. The lowest BCUT2D eigenvalue weighted by Crippen LogP contribution is -2.12. The number of rotatable bonds is 7. The lowest BCUT2D eigenvalue weighted by Gasteiger charge is -2.04. The molecule has 0 amide bonds. The second-order valence-electron chi connectivity index (χ2n) is 4.72. The molecule has 1 aromatic heterocycles. The van der Waals surface area contributed by atoms with E-state index in [1.807, 2.05) is 39.0 Å². The molecule has 0 radical (unpaired) electrons. The summed E-state index contributed by atoms with van der Waals surface area (Å²) >= 11 is 1.46. The van der Waals surface area contributed by atoms with Crippen LogP contribution < -0.4 is 4.74 Å². The van der Waals surface area contributed by atoms with Gasteiger partial charge in [-0.1, -0.05) is 25.6 Å². The molecule has 1 heterocycles. The molecular weight excluding hydrogens is 272 g/mol. The summed E-state index contributed by atoms with van der Waals surface area (Å²) < 4.78 is 5.46. The molecule has 0 bridgehead atoms. The van der Waals surface area contributed by atoms with Crippen LogP contribution >= 0.6 is 11.8 Å². The first kappa shape index (κ1) is 14.9. The number of aromatic nitrogens is 2. The zero-order valence-corrected chi connectivity index (χ0v) is 12.9. The molecule has 1 N–H and O–H groups in total. The zero-order chi connectivity index (χ0) is 14.5. The van der Waals surface area contributed by atoms with Crippen LogP contribution in [0.1, 0.15) is 27.2 Å². The van der Waals surface area contributed by atoms with Gasteiger partial charge in [0.05, 0.1) is 23.4 Å². The van der Waals surface area contributed by atoms with E-state index in [4.69, 9.17) is 4.74 Å². The molecule has 0 spiro atoms. The number of hydrogen-bond donors (Lipinski definition) is 1. The highest BCUT2D eigenvalue weighted by Crippen LogP contribution is 2.24. The van der Waals surface area contributed by atoms with Gasteiger partial charge in [0.2, 0.25) is 0 Å². The maximum Gasteiger partial charge on any atom is 0.166 e. The standard InChI is InChI=1S/C15H20N2O2S/c1-4-10(3)14(18)9-20-15-16-12-7-6-11(19-5-2)8-13(12)17-15/h6-8,10H,4-5,9H2,1-3H3,(H,16,17). The second kappa shape index (κ2) is 6.79. The molecule has 0 saturated heterocycles. The van der Waals surface area contributed by atoms with Crippen LogP contribution in [0, 0.1) is 5.92 Å². The average Bonchev–Trinajstić information content (AvgIpc) is 2.86. The molecule has 0 aliphatic rings. The summed E-state index contributed by atoms with van der Waals surface area (Å²) in [5.74, 6) is 1.69. The number of thioether (sulfide) groups is 1. The number of nitrogens with one attached hydrogen (secondary N) is 1. The highest BCUT2D eigenvalue weighted by Gasteiger charge is 2.12. The van der Waals surface area contributed by atoms with Gasteiger partial charge in [0, 0.05) is 12.0 Å². The van der Waals surface area contributed by atoms with E-state index in [0.717, 1.165) is 28.4 Å². The van der Waals surface area contributed by atoms with Gasteiger partial charge in [-0.05, 0) is 25.5 Å². The van der Waals surface area contributed by atoms with Crippen molar-refractivity contribution < 1.29 is 9.53 Å². The van der Waals surface area contributed by atoms with Crippen molar-refractivity contribution in [3.8, 4) is 5.75 Å². The van der Waals surface area contributed by atoms with E-state index in [1.165, 1.54) is 11.8 Å². The van der Waals surface area contributed by atoms with Gasteiger partial charge < -0.3 is 9.72 Å². The Morgan fingerprint density at radius 2 is 2.25 bits per heavy atom. The van der Waals surface area contributed by atoms with Crippen molar-refractivity contribution in [1.29, 1.82) is 0 Å². The van der Waals surface area contributed by atoms with Crippen molar-refractivity contribution >= 4 is 28.6 Å². The summed E-state index contributed by atoms with van der Waals surface area (Å²) in [5, 5.41) is 0.783. The van der Waals surface area contributed by atoms with Crippen LogP contribution in [0.3, 0.4) is 0 Å². The van der Waals surface area contributed by atoms with Crippen LogP contribution in [0.4, 0.5) is 0 Å². The van der Waals surface area contributed by atoms with E-state index < -0.39 is 0 Å². The average molecular weight is 292 g/mol. The number of ketones is 1.